The van der Waals surface area contributed by atoms with E-state index in [0.29, 0.717) is 12.5 Å². The van der Waals surface area contributed by atoms with E-state index in [-0.39, 0.29) is 0 Å². The summed E-state index contributed by atoms with van der Waals surface area (Å²) in [5, 5.41) is 8.81. The van der Waals surface area contributed by atoms with Crippen molar-refractivity contribution in [3.63, 3.8) is 0 Å². The normalized spacial score (nSPS) is 34.9. The van der Waals surface area contributed by atoms with Crippen LogP contribution in [0, 0.1) is 5.92 Å². The molecule has 9 heavy (non-hydrogen) atoms. The van der Waals surface area contributed by atoms with Gasteiger partial charge in [-0.2, -0.15) is 0 Å². The van der Waals surface area contributed by atoms with Crippen LogP contribution in [-0.2, 0) is 4.74 Å². The van der Waals surface area contributed by atoms with Crippen LogP contribution in [0.1, 0.15) is 13.3 Å². The van der Waals surface area contributed by atoms with Gasteiger partial charge in [0, 0.05) is 5.92 Å². The molecule has 0 aliphatic carbocycles. The Kier molecular flexibility index (Phi) is 2.25. The second kappa shape index (κ2) is 2.99. The minimum absolute atomic E-state index is 0.508. The van der Waals surface area contributed by atoms with E-state index in [1.54, 1.807) is 6.08 Å². The molecule has 1 heterocycles. The Bertz CT molecular complexity index is 109. The smallest absolute Gasteiger partial charge is 0.174 e. The first kappa shape index (κ1) is 6.78. The predicted octanol–water partition coefficient (Wildman–Crippen LogP) is 0.917. The molecule has 2 atom stereocenters. The van der Waals surface area contributed by atoms with Crippen molar-refractivity contribution in [3.8, 4) is 0 Å². The minimum atomic E-state index is -0.659. The van der Waals surface area contributed by atoms with Crippen molar-refractivity contribution in [2.75, 3.05) is 6.61 Å². The van der Waals surface area contributed by atoms with Crippen molar-refractivity contribution in [2.45, 2.75) is 19.6 Å². The molecule has 1 aliphatic heterocycles. The van der Waals surface area contributed by atoms with Crippen LogP contribution >= 0.6 is 0 Å². The molecule has 1 rings (SSSR count). The van der Waals surface area contributed by atoms with Crippen LogP contribution in [-0.4, -0.2) is 18.0 Å². The fourth-order valence-electron chi connectivity index (χ4n) is 0.839. The van der Waals surface area contributed by atoms with Crippen LogP contribution in [0.3, 0.4) is 0 Å². The Labute approximate surface area is 55.1 Å². The van der Waals surface area contributed by atoms with Gasteiger partial charge in [0.05, 0.1) is 6.61 Å². The maximum atomic E-state index is 8.81. The summed E-state index contributed by atoms with van der Waals surface area (Å²) in [6, 6.07) is 0. The van der Waals surface area contributed by atoms with Gasteiger partial charge in [0.2, 0.25) is 0 Å². The van der Waals surface area contributed by atoms with Gasteiger partial charge in [0.15, 0.2) is 6.29 Å². The van der Waals surface area contributed by atoms with Crippen molar-refractivity contribution in [1.29, 1.82) is 0 Å². The highest BCUT2D eigenvalue weighted by molar-refractivity contribution is 4.93. The topological polar surface area (TPSA) is 29.5 Å². The van der Waals surface area contributed by atoms with Crippen molar-refractivity contribution >= 4 is 0 Å². The maximum Gasteiger partial charge on any atom is 0.174 e. The van der Waals surface area contributed by atoms with Crippen molar-refractivity contribution in [2.24, 2.45) is 5.92 Å². The van der Waals surface area contributed by atoms with Crippen LogP contribution < -0.4 is 0 Å². The molecule has 0 radical (unpaired) electrons. The predicted molar refractivity (Wildman–Crippen MR) is 34.9 cm³/mol. The first-order chi connectivity index (χ1) is 4.33. The van der Waals surface area contributed by atoms with Gasteiger partial charge in [0.25, 0.3) is 0 Å². The number of ether oxygens (including phenoxy) is 1. The molecule has 1 N–H and O–H groups in total. The molecule has 2 unspecified atom stereocenters. The number of aliphatic hydroxyl groups excluding tert-OH is 1. The number of hydrogen-bond donors (Lipinski definition) is 1. The van der Waals surface area contributed by atoms with Gasteiger partial charge in [-0.15, -0.1) is 0 Å². The average molecular weight is 128 g/mol. The van der Waals surface area contributed by atoms with Crippen molar-refractivity contribution < 1.29 is 9.84 Å². The standard InChI is InChI=1S/C7H12O2/c1-2-6-3-4-7(8)9-5-6/h3-4,6-8H,2,5H2,1H3. The van der Waals surface area contributed by atoms with Crippen LogP contribution in [0.15, 0.2) is 12.2 Å². The highest BCUT2D eigenvalue weighted by Crippen LogP contribution is 2.11. The van der Waals surface area contributed by atoms with Gasteiger partial charge < -0.3 is 9.84 Å². The first-order valence-electron chi connectivity index (χ1n) is 3.31. The molecule has 2 nitrogen and oxygen atoms in total. The van der Waals surface area contributed by atoms with Crippen molar-refractivity contribution in [3.05, 3.63) is 12.2 Å². The zero-order valence-corrected chi connectivity index (χ0v) is 5.58. The quantitative estimate of drug-likeness (QED) is 0.532. The molecule has 0 fully saturated rings. The van der Waals surface area contributed by atoms with Crippen LogP contribution in [0.4, 0.5) is 0 Å². The summed E-state index contributed by atoms with van der Waals surface area (Å²) in [4.78, 5) is 0. The number of hydrogen-bond acceptors (Lipinski definition) is 2. The largest absolute Gasteiger partial charge is 0.365 e. The lowest BCUT2D eigenvalue weighted by Crippen LogP contribution is -2.19. The summed E-state index contributed by atoms with van der Waals surface area (Å²) in [5.41, 5.74) is 0. The van der Waals surface area contributed by atoms with E-state index in [1.165, 1.54) is 0 Å². The lowest BCUT2D eigenvalue weighted by atomic mass is 10.1. The van der Waals surface area contributed by atoms with Gasteiger partial charge in [-0.05, 0) is 12.5 Å². The van der Waals surface area contributed by atoms with Crippen molar-refractivity contribution in [1.82, 2.24) is 0 Å². The molecule has 0 aromatic carbocycles. The van der Waals surface area contributed by atoms with Gasteiger partial charge >= 0.3 is 0 Å². The molecule has 0 aromatic heterocycles. The molecule has 0 bridgehead atoms. The molecule has 2 heteroatoms. The molecule has 52 valence electrons. The fourth-order valence-corrected chi connectivity index (χ4v) is 0.839. The van der Waals surface area contributed by atoms with E-state index >= 15 is 0 Å². The van der Waals surface area contributed by atoms with Gasteiger partial charge in [-0.25, -0.2) is 0 Å². The Hall–Kier alpha value is -0.340. The van der Waals surface area contributed by atoms with E-state index in [1.807, 2.05) is 6.08 Å². The van der Waals surface area contributed by atoms with Gasteiger partial charge in [0.1, 0.15) is 0 Å². The third-order valence-corrected chi connectivity index (χ3v) is 1.55. The van der Waals surface area contributed by atoms with Crippen LogP contribution in [0.5, 0.6) is 0 Å². The molecule has 1 aliphatic rings. The molecule has 0 saturated heterocycles. The van der Waals surface area contributed by atoms with E-state index in [9.17, 15) is 0 Å². The molecular formula is C7H12O2. The van der Waals surface area contributed by atoms with E-state index in [4.69, 9.17) is 9.84 Å². The molecule has 0 amide bonds. The molecule has 0 aromatic rings. The van der Waals surface area contributed by atoms with Gasteiger partial charge in [-0.3, -0.25) is 0 Å². The second-order valence-electron chi connectivity index (χ2n) is 2.28. The van der Waals surface area contributed by atoms with Gasteiger partial charge in [-0.1, -0.05) is 13.0 Å². The Morgan fingerprint density at radius 1 is 1.67 bits per heavy atom. The minimum Gasteiger partial charge on any atom is -0.365 e. The maximum absolute atomic E-state index is 8.81. The Morgan fingerprint density at radius 3 is 2.89 bits per heavy atom. The SMILES string of the molecule is CCC1C=CC(O)OC1. The average Bonchev–Trinajstić information content (AvgIpc) is 1.90. The highest BCUT2D eigenvalue weighted by atomic mass is 16.6. The summed E-state index contributed by atoms with van der Waals surface area (Å²) >= 11 is 0. The zero-order valence-electron chi connectivity index (χ0n) is 5.58. The third-order valence-electron chi connectivity index (χ3n) is 1.55. The molecule has 0 spiro atoms. The van der Waals surface area contributed by atoms with E-state index < -0.39 is 6.29 Å². The molecular weight excluding hydrogens is 116 g/mol. The van der Waals surface area contributed by atoms with Crippen LogP contribution in [0.25, 0.3) is 0 Å². The summed E-state index contributed by atoms with van der Waals surface area (Å²) in [7, 11) is 0. The Balaban J connectivity index is 2.38. The summed E-state index contributed by atoms with van der Waals surface area (Å²) < 4.78 is 4.95. The second-order valence-corrected chi connectivity index (χ2v) is 2.28. The number of aliphatic hydroxyl groups is 1. The highest BCUT2D eigenvalue weighted by Gasteiger charge is 2.10. The lowest BCUT2D eigenvalue weighted by molar-refractivity contribution is -0.0806. The fraction of sp³-hybridized carbons (Fsp3) is 0.714. The third kappa shape index (κ3) is 1.80. The summed E-state index contributed by atoms with van der Waals surface area (Å²) in [6.07, 6.45) is 4.13. The van der Waals surface area contributed by atoms with Crippen LogP contribution in [0.2, 0.25) is 0 Å². The monoisotopic (exact) mass is 128 g/mol. The first-order valence-corrected chi connectivity index (χ1v) is 3.31. The summed E-state index contributed by atoms with van der Waals surface area (Å²) in [6.45, 7) is 2.77. The lowest BCUT2D eigenvalue weighted by Gasteiger charge is -2.18. The Morgan fingerprint density at radius 2 is 2.44 bits per heavy atom. The molecule has 0 saturated carbocycles. The van der Waals surface area contributed by atoms with E-state index in [2.05, 4.69) is 6.92 Å². The summed E-state index contributed by atoms with van der Waals surface area (Å²) in [5.74, 6) is 0.508. The zero-order chi connectivity index (χ0) is 6.69. The van der Waals surface area contributed by atoms with E-state index in [0.717, 1.165) is 6.42 Å². The number of rotatable bonds is 1.